The van der Waals surface area contributed by atoms with Gasteiger partial charge in [-0.15, -0.1) is 0 Å². The summed E-state index contributed by atoms with van der Waals surface area (Å²) in [7, 11) is 0. The van der Waals surface area contributed by atoms with Crippen LogP contribution in [0.1, 0.15) is 96.8 Å². The Labute approximate surface area is 202 Å². The van der Waals surface area contributed by atoms with Gasteiger partial charge in [0.15, 0.2) is 5.78 Å². The zero-order chi connectivity index (χ0) is 25.0. The van der Waals surface area contributed by atoms with Crippen LogP contribution in [0.5, 0.6) is 0 Å². The molecule has 1 aromatic heterocycles. The van der Waals surface area contributed by atoms with Crippen molar-refractivity contribution in [2.45, 2.75) is 121 Å². The highest BCUT2D eigenvalue weighted by Crippen LogP contribution is 2.37. The van der Waals surface area contributed by atoms with E-state index in [0.717, 1.165) is 23.8 Å². The second kappa shape index (κ2) is 14.6. The maximum absolute atomic E-state index is 13.2. The number of hydrogen-bond acceptors (Lipinski definition) is 8. The van der Waals surface area contributed by atoms with Gasteiger partial charge in [0.2, 0.25) is 5.72 Å². The van der Waals surface area contributed by atoms with Crippen LogP contribution in [0.4, 0.5) is 5.82 Å². The number of rotatable bonds is 17. The first-order valence-corrected chi connectivity index (χ1v) is 12.9. The lowest BCUT2D eigenvalue weighted by Crippen LogP contribution is -2.55. The summed E-state index contributed by atoms with van der Waals surface area (Å²) in [5.74, 6) is -0.571. The molecule has 1 aromatic rings. The average Bonchev–Trinajstić information content (AvgIpc) is 3.08. The number of nitrogens with two attached hydrogens (primary N) is 1. The third-order valence-corrected chi connectivity index (χ3v) is 6.71. The quantitative estimate of drug-likeness (QED) is 0.248. The zero-order valence-corrected chi connectivity index (χ0v) is 20.5. The molecule has 0 amide bonds. The Balaban J connectivity index is 1.81. The molecule has 4 atom stereocenters. The predicted octanol–water partition coefficient (Wildman–Crippen LogP) is 2.64. The Morgan fingerprint density at radius 1 is 1.03 bits per heavy atom. The number of ketones is 1. The van der Waals surface area contributed by atoms with Gasteiger partial charge in [-0.3, -0.25) is 9.36 Å². The minimum Gasteiger partial charge on any atom is -0.394 e. The molecule has 194 valence electrons. The van der Waals surface area contributed by atoms with Crippen LogP contribution in [0.25, 0.3) is 0 Å². The number of aliphatic hydroxyl groups excluding tert-OH is 3. The molecule has 0 bridgehead atoms. The first-order valence-electron chi connectivity index (χ1n) is 12.9. The fourth-order valence-corrected chi connectivity index (χ4v) is 4.67. The highest BCUT2D eigenvalue weighted by atomic mass is 16.6. The molecule has 9 nitrogen and oxygen atoms in total. The Bertz CT molecular complexity index is 801. The summed E-state index contributed by atoms with van der Waals surface area (Å²) >= 11 is 0. The van der Waals surface area contributed by atoms with Crippen molar-refractivity contribution in [3.63, 3.8) is 0 Å². The van der Waals surface area contributed by atoms with Crippen molar-refractivity contribution >= 4 is 11.6 Å². The number of ether oxygens (including phenoxy) is 1. The van der Waals surface area contributed by atoms with Crippen molar-refractivity contribution in [1.82, 2.24) is 9.55 Å². The van der Waals surface area contributed by atoms with Crippen LogP contribution in [-0.4, -0.2) is 55.6 Å². The van der Waals surface area contributed by atoms with Crippen molar-refractivity contribution < 1.29 is 24.9 Å². The van der Waals surface area contributed by atoms with Crippen LogP contribution >= 0.6 is 0 Å². The molecule has 0 radical (unpaired) electrons. The van der Waals surface area contributed by atoms with Gasteiger partial charge >= 0.3 is 5.69 Å². The molecule has 2 heterocycles. The van der Waals surface area contributed by atoms with Gasteiger partial charge in [-0.25, -0.2) is 4.79 Å². The summed E-state index contributed by atoms with van der Waals surface area (Å²) in [5, 5.41) is 30.5. The highest BCUT2D eigenvalue weighted by Gasteiger charge is 2.60. The van der Waals surface area contributed by atoms with Crippen molar-refractivity contribution in [1.29, 1.82) is 0 Å². The Morgan fingerprint density at radius 3 is 2.03 bits per heavy atom. The van der Waals surface area contributed by atoms with Crippen LogP contribution in [-0.2, 0) is 15.3 Å². The molecule has 0 spiro atoms. The Morgan fingerprint density at radius 2 is 1.56 bits per heavy atom. The third-order valence-electron chi connectivity index (χ3n) is 6.71. The van der Waals surface area contributed by atoms with E-state index in [4.69, 9.17) is 10.5 Å². The van der Waals surface area contributed by atoms with E-state index in [2.05, 4.69) is 11.9 Å². The molecule has 1 fully saturated rings. The van der Waals surface area contributed by atoms with E-state index in [9.17, 15) is 24.9 Å². The van der Waals surface area contributed by atoms with Gasteiger partial charge in [0.1, 0.15) is 24.1 Å². The van der Waals surface area contributed by atoms with Gasteiger partial charge in [-0.1, -0.05) is 84.0 Å². The van der Waals surface area contributed by atoms with E-state index in [1.54, 1.807) is 0 Å². The number of anilines is 1. The molecular formula is C25H43N3O6. The zero-order valence-electron chi connectivity index (χ0n) is 20.5. The number of hydrogen-bond donors (Lipinski definition) is 4. The van der Waals surface area contributed by atoms with Crippen molar-refractivity contribution in [2.75, 3.05) is 12.3 Å². The molecular weight excluding hydrogens is 438 g/mol. The SMILES string of the molecule is CCCCCCCCCCCCCCCC(=O)[C@@]1(n2ccc(N)nc2=O)O[C@H](CO)[C@@H](O)[C@H]1O. The van der Waals surface area contributed by atoms with E-state index in [1.807, 2.05) is 0 Å². The molecule has 1 saturated heterocycles. The number of carbonyl (C=O) groups is 1. The fourth-order valence-electron chi connectivity index (χ4n) is 4.67. The summed E-state index contributed by atoms with van der Waals surface area (Å²) in [4.78, 5) is 29.3. The summed E-state index contributed by atoms with van der Waals surface area (Å²) in [6.07, 6.45) is 12.0. The predicted molar refractivity (Wildman–Crippen MR) is 130 cm³/mol. The summed E-state index contributed by atoms with van der Waals surface area (Å²) in [6, 6.07) is 1.32. The van der Waals surface area contributed by atoms with Crippen LogP contribution in [0.3, 0.4) is 0 Å². The lowest BCUT2D eigenvalue weighted by molar-refractivity contribution is -0.176. The molecule has 1 aliphatic heterocycles. The van der Waals surface area contributed by atoms with Gasteiger partial charge < -0.3 is 25.8 Å². The van der Waals surface area contributed by atoms with E-state index in [1.165, 1.54) is 70.1 Å². The smallest absolute Gasteiger partial charge is 0.352 e. The van der Waals surface area contributed by atoms with E-state index < -0.39 is 42.1 Å². The second-order valence-electron chi connectivity index (χ2n) is 9.39. The average molecular weight is 482 g/mol. The van der Waals surface area contributed by atoms with Crippen molar-refractivity contribution in [3.05, 3.63) is 22.7 Å². The maximum atomic E-state index is 13.2. The highest BCUT2D eigenvalue weighted by molar-refractivity contribution is 5.86. The standard InChI is InChI=1S/C25H43N3O6/c1-2-3-4-5-6-7-8-9-10-11-12-13-14-15-20(30)25(23(32)22(31)19(18-29)34-25)28-17-16-21(26)27-24(28)33/h16-17,19,22-23,29,31-32H,2-15,18H2,1H3,(H2,26,27,33)/t19-,22-,23-,25-/m1/s1. The number of aliphatic hydroxyl groups is 3. The van der Waals surface area contributed by atoms with Crippen LogP contribution in [0, 0.1) is 0 Å². The van der Waals surface area contributed by atoms with Gasteiger partial charge in [-0.2, -0.15) is 4.98 Å². The minimum absolute atomic E-state index is 0.0351. The van der Waals surface area contributed by atoms with Gasteiger partial charge in [0.25, 0.3) is 0 Å². The molecule has 0 unspecified atom stereocenters. The summed E-state index contributed by atoms with van der Waals surface area (Å²) in [5.41, 5.74) is 2.54. The monoisotopic (exact) mass is 481 g/mol. The number of unbranched alkanes of at least 4 members (excludes halogenated alkanes) is 12. The largest absolute Gasteiger partial charge is 0.394 e. The molecule has 0 saturated carbocycles. The van der Waals surface area contributed by atoms with Crippen molar-refractivity contribution in [3.8, 4) is 0 Å². The van der Waals surface area contributed by atoms with E-state index >= 15 is 0 Å². The summed E-state index contributed by atoms with van der Waals surface area (Å²) < 4.78 is 6.51. The van der Waals surface area contributed by atoms with Crippen LogP contribution < -0.4 is 11.4 Å². The Hall–Kier alpha value is -1.81. The molecule has 0 aliphatic carbocycles. The first-order chi connectivity index (χ1) is 16.4. The molecule has 5 N–H and O–H groups in total. The minimum atomic E-state index is -2.14. The van der Waals surface area contributed by atoms with Crippen molar-refractivity contribution in [2.24, 2.45) is 0 Å². The number of aromatic nitrogens is 2. The van der Waals surface area contributed by atoms with Crippen LogP contribution in [0.15, 0.2) is 17.1 Å². The molecule has 2 rings (SSSR count). The number of Topliss-reactive ketones (excluding diaryl/α,β-unsaturated/α-hetero) is 1. The van der Waals surface area contributed by atoms with Gasteiger partial charge in [0.05, 0.1) is 6.61 Å². The van der Waals surface area contributed by atoms with E-state index in [0.29, 0.717) is 6.42 Å². The lowest BCUT2D eigenvalue weighted by atomic mass is 9.94. The fraction of sp³-hybridized carbons (Fsp3) is 0.800. The molecule has 34 heavy (non-hydrogen) atoms. The van der Waals surface area contributed by atoms with Crippen LogP contribution in [0.2, 0.25) is 0 Å². The Kier molecular flexibility index (Phi) is 12.2. The van der Waals surface area contributed by atoms with Gasteiger partial charge in [0, 0.05) is 12.6 Å². The third kappa shape index (κ3) is 7.34. The van der Waals surface area contributed by atoms with E-state index in [-0.39, 0.29) is 12.2 Å². The second-order valence-corrected chi connectivity index (χ2v) is 9.39. The number of nitrogen functional groups attached to an aromatic ring is 1. The van der Waals surface area contributed by atoms with Gasteiger partial charge in [-0.05, 0) is 12.5 Å². The lowest BCUT2D eigenvalue weighted by Gasteiger charge is -2.32. The summed E-state index contributed by atoms with van der Waals surface area (Å²) in [6.45, 7) is 1.62. The number of nitrogens with zero attached hydrogens (tertiary/aromatic N) is 2. The molecule has 1 aliphatic rings. The molecule has 9 heteroatoms. The maximum Gasteiger partial charge on any atom is 0.352 e. The topological polar surface area (TPSA) is 148 Å². The number of carbonyl (C=O) groups excluding carboxylic acids is 1. The molecule has 0 aromatic carbocycles. The first kappa shape index (κ1) is 28.4. The normalized spacial score (nSPS) is 24.5.